The zero-order valence-electron chi connectivity index (χ0n) is 11.2. The molecule has 0 aliphatic heterocycles. The van der Waals surface area contributed by atoms with Gasteiger partial charge in [0.1, 0.15) is 0 Å². The van der Waals surface area contributed by atoms with E-state index in [4.69, 9.17) is 0 Å². The number of aliphatic carboxylic acids is 1. The van der Waals surface area contributed by atoms with Gasteiger partial charge in [-0.3, -0.25) is 4.79 Å². The second kappa shape index (κ2) is 2.96. The molecule has 0 aromatic heterocycles. The molecule has 0 spiro atoms. The second-order valence-corrected chi connectivity index (χ2v) is 7.36. The van der Waals surface area contributed by atoms with E-state index in [2.05, 4.69) is 33.8 Å². The number of rotatable bonds is 2. The number of allylic oxidation sites excluding steroid dienone is 2. The van der Waals surface area contributed by atoms with Gasteiger partial charge in [-0.05, 0) is 41.4 Å². The quantitative estimate of drug-likeness (QED) is 0.744. The SMILES string of the molecule is CC1(C)C2CC=C([C@@H]3[C@@H](C(=O)O)C3(C)C)C1C2. The average molecular weight is 234 g/mol. The lowest BCUT2D eigenvalue weighted by atomic mass is 9.48. The third kappa shape index (κ3) is 1.24. The number of hydrogen-bond donors (Lipinski definition) is 1. The van der Waals surface area contributed by atoms with Gasteiger partial charge in [0.2, 0.25) is 0 Å². The number of hydrogen-bond acceptors (Lipinski definition) is 1. The fourth-order valence-electron chi connectivity index (χ4n) is 4.47. The van der Waals surface area contributed by atoms with Crippen LogP contribution in [0.25, 0.3) is 0 Å². The predicted octanol–water partition coefficient (Wildman–Crippen LogP) is 3.34. The number of fused-ring (bicyclic) bond motifs is 1. The summed E-state index contributed by atoms with van der Waals surface area (Å²) < 4.78 is 0. The molecule has 0 saturated heterocycles. The molecule has 94 valence electrons. The maximum absolute atomic E-state index is 11.3. The van der Waals surface area contributed by atoms with Gasteiger partial charge in [0, 0.05) is 0 Å². The maximum Gasteiger partial charge on any atom is 0.307 e. The molecule has 4 rings (SSSR count). The van der Waals surface area contributed by atoms with Gasteiger partial charge in [-0.2, -0.15) is 0 Å². The highest BCUT2D eigenvalue weighted by Crippen LogP contribution is 2.69. The molecular formula is C15H22O2. The summed E-state index contributed by atoms with van der Waals surface area (Å²) in [5, 5.41) is 9.29. The van der Waals surface area contributed by atoms with Crippen molar-refractivity contribution in [1.82, 2.24) is 0 Å². The van der Waals surface area contributed by atoms with Gasteiger partial charge in [-0.1, -0.05) is 39.3 Å². The van der Waals surface area contributed by atoms with E-state index in [9.17, 15) is 9.90 Å². The molecule has 0 aromatic carbocycles. The van der Waals surface area contributed by atoms with Crippen molar-refractivity contribution in [2.45, 2.75) is 40.5 Å². The Morgan fingerprint density at radius 1 is 1.29 bits per heavy atom. The molecule has 2 unspecified atom stereocenters. The fourth-order valence-corrected chi connectivity index (χ4v) is 4.47. The first-order valence-electron chi connectivity index (χ1n) is 6.70. The topological polar surface area (TPSA) is 37.3 Å². The molecular weight excluding hydrogens is 212 g/mol. The third-order valence-electron chi connectivity index (χ3n) is 5.96. The van der Waals surface area contributed by atoms with E-state index in [1.165, 1.54) is 12.0 Å². The summed E-state index contributed by atoms with van der Waals surface area (Å²) in [4.78, 5) is 11.3. The summed E-state index contributed by atoms with van der Waals surface area (Å²) in [5.74, 6) is 1.02. The van der Waals surface area contributed by atoms with Crippen LogP contribution in [-0.4, -0.2) is 11.1 Å². The molecule has 0 radical (unpaired) electrons. The summed E-state index contributed by atoms with van der Waals surface area (Å²) in [6.07, 6.45) is 4.81. The lowest BCUT2D eigenvalue weighted by Crippen LogP contribution is -2.48. The molecule has 0 amide bonds. The van der Waals surface area contributed by atoms with Crippen LogP contribution in [-0.2, 0) is 4.79 Å². The maximum atomic E-state index is 11.3. The predicted molar refractivity (Wildman–Crippen MR) is 66.5 cm³/mol. The first kappa shape index (κ1) is 11.3. The van der Waals surface area contributed by atoms with Gasteiger partial charge >= 0.3 is 5.97 Å². The molecule has 2 nitrogen and oxygen atoms in total. The molecule has 0 heterocycles. The molecule has 4 aliphatic rings. The summed E-state index contributed by atoms with van der Waals surface area (Å²) >= 11 is 0. The van der Waals surface area contributed by atoms with Crippen LogP contribution in [0.1, 0.15) is 40.5 Å². The summed E-state index contributed by atoms with van der Waals surface area (Å²) in [5.41, 5.74) is 1.84. The molecule has 2 saturated carbocycles. The Kier molecular flexibility index (Phi) is 1.97. The van der Waals surface area contributed by atoms with Crippen LogP contribution in [0.15, 0.2) is 11.6 Å². The molecule has 4 atom stereocenters. The Morgan fingerprint density at radius 3 is 2.35 bits per heavy atom. The molecule has 17 heavy (non-hydrogen) atoms. The summed E-state index contributed by atoms with van der Waals surface area (Å²) in [6, 6.07) is 0. The van der Waals surface area contributed by atoms with Crippen LogP contribution in [0.5, 0.6) is 0 Å². The van der Waals surface area contributed by atoms with Gasteiger partial charge in [0.15, 0.2) is 0 Å². The van der Waals surface area contributed by atoms with Crippen molar-refractivity contribution in [3.63, 3.8) is 0 Å². The first-order chi connectivity index (χ1) is 7.78. The summed E-state index contributed by atoms with van der Waals surface area (Å²) in [7, 11) is 0. The lowest BCUT2D eigenvalue weighted by Gasteiger charge is -2.57. The number of carboxylic acid groups (broad SMARTS) is 1. The van der Waals surface area contributed by atoms with Gasteiger partial charge in [0.05, 0.1) is 5.92 Å². The van der Waals surface area contributed by atoms with Crippen LogP contribution in [0, 0.1) is 34.5 Å². The van der Waals surface area contributed by atoms with Crippen molar-refractivity contribution < 1.29 is 9.90 Å². The molecule has 1 N–H and O–H groups in total. The Hall–Kier alpha value is -0.790. The number of carboxylic acids is 1. The van der Waals surface area contributed by atoms with Crippen LogP contribution in [0.3, 0.4) is 0 Å². The highest BCUT2D eigenvalue weighted by Gasteiger charge is 2.67. The van der Waals surface area contributed by atoms with Gasteiger partial charge in [0.25, 0.3) is 0 Å². The van der Waals surface area contributed by atoms with E-state index in [-0.39, 0.29) is 11.3 Å². The Morgan fingerprint density at radius 2 is 1.94 bits per heavy atom. The van der Waals surface area contributed by atoms with Crippen molar-refractivity contribution in [2.24, 2.45) is 34.5 Å². The third-order valence-corrected chi connectivity index (χ3v) is 5.96. The Labute approximate surface area is 103 Å². The van der Waals surface area contributed by atoms with Crippen molar-refractivity contribution in [1.29, 1.82) is 0 Å². The molecule has 0 aromatic rings. The minimum atomic E-state index is -0.611. The van der Waals surface area contributed by atoms with E-state index in [1.807, 2.05) is 0 Å². The van der Waals surface area contributed by atoms with E-state index in [0.29, 0.717) is 17.3 Å². The Bertz CT molecular complexity index is 417. The average Bonchev–Trinajstić information content (AvgIpc) is 2.81. The smallest absolute Gasteiger partial charge is 0.307 e. The van der Waals surface area contributed by atoms with Crippen LogP contribution in [0.2, 0.25) is 0 Å². The van der Waals surface area contributed by atoms with Crippen LogP contribution < -0.4 is 0 Å². The van der Waals surface area contributed by atoms with Gasteiger partial charge in [-0.25, -0.2) is 0 Å². The minimum absolute atomic E-state index is 0.0316. The summed E-state index contributed by atoms with van der Waals surface area (Å²) in [6.45, 7) is 8.91. The number of carbonyl (C=O) groups is 1. The van der Waals surface area contributed by atoms with Crippen molar-refractivity contribution in [3.8, 4) is 0 Å². The van der Waals surface area contributed by atoms with Gasteiger partial charge in [-0.15, -0.1) is 0 Å². The second-order valence-electron chi connectivity index (χ2n) is 7.36. The largest absolute Gasteiger partial charge is 0.481 e. The Balaban J connectivity index is 1.88. The molecule has 2 bridgehead atoms. The zero-order chi connectivity index (χ0) is 12.6. The van der Waals surface area contributed by atoms with E-state index >= 15 is 0 Å². The standard InChI is InChI=1S/C15H22O2/c1-14(2)8-5-6-9(10(14)7-8)11-12(13(16)17)15(11,3)4/h6,8,10-12H,5,7H2,1-4H3,(H,16,17)/t8?,10?,11-,12+/m1/s1. The van der Waals surface area contributed by atoms with E-state index in [1.54, 1.807) is 0 Å². The van der Waals surface area contributed by atoms with Crippen molar-refractivity contribution in [2.75, 3.05) is 0 Å². The van der Waals surface area contributed by atoms with Crippen molar-refractivity contribution in [3.05, 3.63) is 11.6 Å². The lowest BCUT2D eigenvalue weighted by molar-refractivity contribution is -0.139. The van der Waals surface area contributed by atoms with E-state index < -0.39 is 5.97 Å². The zero-order valence-corrected chi connectivity index (χ0v) is 11.2. The molecule has 4 aliphatic carbocycles. The minimum Gasteiger partial charge on any atom is -0.481 e. The van der Waals surface area contributed by atoms with Crippen LogP contribution >= 0.6 is 0 Å². The monoisotopic (exact) mass is 234 g/mol. The highest BCUT2D eigenvalue weighted by molar-refractivity contribution is 5.76. The van der Waals surface area contributed by atoms with E-state index in [0.717, 1.165) is 12.3 Å². The highest BCUT2D eigenvalue weighted by atomic mass is 16.4. The van der Waals surface area contributed by atoms with Gasteiger partial charge < -0.3 is 5.11 Å². The van der Waals surface area contributed by atoms with Crippen molar-refractivity contribution >= 4 is 5.97 Å². The van der Waals surface area contributed by atoms with Crippen LogP contribution in [0.4, 0.5) is 0 Å². The molecule has 2 fully saturated rings. The first-order valence-corrected chi connectivity index (χ1v) is 6.70. The normalized spacial score (nSPS) is 44.6. The molecule has 2 heteroatoms. The fraction of sp³-hybridized carbons (Fsp3) is 0.800.